The van der Waals surface area contributed by atoms with Crippen LogP contribution in [0.15, 0.2) is 11.6 Å². The predicted octanol–water partition coefficient (Wildman–Crippen LogP) is 2.00. The summed E-state index contributed by atoms with van der Waals surface area (Å²) < 4.78 is 0. The van der Waals surface area contributed by atoms with E-state index in [0.29, 0.717) is 18.1 Å². The van der Waals surface area contributed by atoms with Gasteiger partial charge in [-0.05, 0) is 26.2 Å². The van der Waals surface area contributed by atoms with Gasteiger partial charge in [0.25, 0.3) is 0 Å². The van der Waals surface area contributed by atoms with Gasteiger partial charge in [-0.25, -0.2) is 14.6 Å². The topological polar surface area (TPSA) is 82.5 Å². The monoisotopic (exact) mass is 269 g/mol. The first-order valence-electron chi connectivity index (χ1n) is 5.75. The van der Waals surface area contributed by atoms with Gasteiger partial charge in [0.05, 0.1) is 0 Å². The molecule has 2 rings (SSSR count). The van der Waals surface area contributed by atoms with E-state index in [0.717, 1.165) is 12.8 Å². The molecule has 98 valence electrons. The lowest BCUT2D eigenvalue weighted by Gasteiger charge is -2.41. The van der Waals surface area contributed by atoms with E-state index in [4.69, 9.17) is 0 Å². The molecule has 1 fully saturated rings. The lowest BCUT2D eigenvalue weighted by Crippen LogP contribution is -2.58. The standard InChI is InChI=1S/C11H15N3O3S/c1-11(8(15)16)4-2-3-6-14(11)10(17)13-9-12-5-7-18-9/h5,7H,2-4,6H2,1H3,(H,15,16)(H,12,13,17). The number of aliphatic carboxylic acids is 1. The van der Waals surface area contributed by atoms with Crippen LogP contribution in [0.25, 0.3) is 0 Å². The smallest absolute Gasteiger partial charge is 0.329 e. The van der Waals surface area contributed by atoms with Crippen LogP contribution in [0.3, 0.4) is 0 Å². The van der Waals surface area contributed by atoms with Gasteiger partial charge in [0.2, 0.25) is 0 Å². The van der Waals surface area contributed by atoms with Gasteiger partial charge < -0.3 is 10.0 Å². The lowest BCUT2D eigenvalue weighted by molar-refractivity contribution is -0.150. The maximum absolute atomic E-state index is 12.1. The highest BCUT2D eigenvalue weighted by molar-refractivity contribution is 7.13. The number of carboxylic acids is 1. The lowest BCUT2D eigenvalue weighted by atomic mass is 9.89. The molecule has 18 heavy (non-hydrogen) atoms. The summed E-state index contributed by atoms with van der Waals surface area (Å²) in [6, 6.07) is -0.394. The number of amides is 2. The molecule has 7 heteroatoms. The number of nitrogens with one attached hydrogen (secondary N) is 1. The van der Waals surface area contributed by atoms with Crippen LogP contribution < -0.4 is 5.32 Å². The molecule has 1 saturated heterocycles. The average Bonchev–Trinajstić information content (AvgIpc) is 2.82. The molecule has 0 saturated carbocycles. The van der Waals surface area contributed by atoms with Crippen molar-refractivity contribution in [3.05, 3.63) is 11.6 Å². The molecule has 1 aromatic rings. The van der Waals surface area contributed by atoms with E-state index in [1.165, 1.54) is 16.2 Å². The number of carboxylic acid groups (broad SMARTS) is 1. The van der Waals surface area contributed by atoms with Gasteiger partial charge in [0.15, 0.2) is 5.13 Å². The number of piperidine rings is 1. The summed E-state index contributed by atoms with van der Waals surface area (Å²) in [5.74, 6) is -0.962. The van der Waals surface area contributed by atoms with E-state index >= 15 is 0 Å². The van der Waals surface area contributed by atoms with Crippen molar-refractivity contribution in [1.82, 2.24) is 9.88 Å². The van der Waals surface area contributed by atoms with Crippen LogP contribution in [0.1, 0.15) is 26.2 Å². The Morgan fingerprint density at radius 3 is 2.94 bits per heavy atom. The minimum atomic E-state index is -1.13. The van der Waals surface area contributed by atoms with E-state index in [1.807, 2.05) is 0 Å². The normalized spacial score (nSPS) is 23.7. The van der Waals surface area contributed by atoms with Crippen LogP contribution >= 0.6 is 11.3 Å². The minimum absolute atomic E-state index is 0.394. The zero-order chi connectivity index (χ0) is 13.2. The molecule has 1 atom stereocenters. The summed E-state index contributed by atoms with van der Waals surface area (Å²) in [5, 5.41) is 14.2. The summed E-state index contributed by atoms with van der Waals surface area (Å²) in [4.78, 5) is 28.8. The highest BCUT2D eigenvalue weighted by Gasteiger charge is 2.44. The Hall–Kier alpha value is -1.63. The average molecular weight is 269 g/mol. The summed E-state index contributed by atoms with van der Waals surface area (Å²) in [5.41, 5.74) is -1.13. The van der Waals surface area contributed by atoms with Crippen molar-refractivity contribution in [2.75, 3.05) is 11.9 Å². The second kappa shape index (κ2) is 4.93. The molecule has 1 aliphatic rings. The predicted molar refractivity (Wildman–Crippen MR) is 67.7 cm³/mol. The number of hydrogen-bond acceptors (Lipinski definition) is 4. The summed E-state index contributed by atoms with van der Waals surface area (Å²) in [7, 11) is 0. The first-order valence-corrected chi connectivity index (χ1v) is 6.63. The number of nitrogens with zero attached hydrogens (tertiary/aromatic N) is 2. The van der Waals surface area contributed by atoms with E-state index in [9.17, 15) is 14.7 Å². The molecule has 0 spiro atoms. The van der Waals surface area contributed by atoms with Crippen LogP contribution in [0.2, 0.25) is 0 Å². The fourth-order valence-electron chi connectivity index (χ4n) is 2.11. The maximum Gasteiger partial charge on any atom is 0.329 e. The first kappa shape index (κ1) is 12.8. The summed E-state index contributed by atoms with van der Waals surface area (Å²) >= 11 is 1.31. The molecule has 2 N–H and O–H groups in total. The Bertz CT molecular complexity index is 448. The van der Waals surface area contributed by atoms with Gasteiger partial charge in [-0.1, -0.05) is 0 Å². The molecule has 1 unspecified atom stereocenters. The number of carbonyl (C=O) groups excluding carboxylic acids is 1. The van der Waals surface area contributed by atoms with Crippen molar-refractivity contribution in [2.24, 2.45) is 0 Å². The number of carbonyl (C=O) groups is 2. The van der Waals surface area contributed by atoms with Crippen molar-refractivity contribution < 1.29 is 14.7 Å². The Labute approximate surface area is 109 Å². The zero-order valence-electron chi connectivity index (χ0n) is 10.0. The summed E-state index contributed by atoms with van der Waals surface area (Å²) in [6.07, 6.45) is 3.72. The van der Waals surface area contributed by atoms with Crippen LogP contribution in [0.4, 0.5) is 9.93 Å². The molecule has 0 bridgehead atoms. The highest BCUT2D eigenvalue weighted by Crippen LogP contribution is 2.29. The molecule has 0 radical (unpaired) electrons. The fourth-order valence-corrected chi connectivity index (χ4v) is 2.63. The van der Waals surface area contributed by atoms with E-state index < -0.39 is 17.5 Å². The minimum Gasteiger partial charge on any atom is -0.480 e. The molecule has 0 aromatic carbocycles. The number of hydrogen-bond donors (Lipinski definition) is 2. The van der Waals surface area contributed by atoms with Gasteiger partial charge in [-0.2, -0.15) is 0 Å². The molecule has 2 amide bonds. The number of rotatable bonds is 2. The third-order valence-electron chi connectivity index (χ3n) is 3.24. The van der Waals surface area contributed by atoms with Crippen LogP contribution in [-0.2, 0) is 4.79 Å². The Morgan fingerprint density at radius 2 is 2.33 bits per heavy atom. The first-order chi connectivity index (χ1) is 8.54. The van der Waals surface area contributed by atoms with Crippen molar-refractivity contribution in [3.8, 4) is 0 Å². The number of aromatic nitrogens is 1. The van der Waals surface area contributed by atoms with Gasteiger partial charge in [0.1, 0.15) is 5.54 Å². The highest BCUT2D eigenvalue weighted by atomic mass is 32.1. The Kier molecular flexibility index (Phi) is 3.51. The second-order valence-corrected chi connectivity index (χ2v) is 5.35. The second-order valence-electron chi connectivity index (χ2n) is 4.46. The van der Waals surface area contributed by atoms with Crippen LogP contribution in [0, 0.1) is 0 Å². The molecule has 2 heterocycles. The molecular formula is C11H15N3O3S. The van der Waals surface area contributed by atoms with E-state index in [2.05, 4.69) is 10.3 Å². The Morgan fingerprint density at radius 1 is 1.56 bits per heavy atom. The maximum atomic E-state index is 12.1. The fraction of sp³-hybridized carbons (Fsp3) is 0.545. The van der Waals surface area contributed by atoms with E-state index in [1.54, 1.807) is 18.5 Å². The number of anilines is 1. The van der Waals surface area contributed by atoms with Gasteiger partial charge in [-0.15, -0.1) is 11.3 Å². The van der Waals surface area contributed by atoms with Crippen molar-refractivity contribution in [3.63, 3.8) is 0 Å². The number of urea groups is 1. The van der Waals surface area contributed by atoms with Gasteiger partial charge in [0, 0.05) is 18.1 Å². The third-order valence-corrected chi connectivity index (χ3v) is 3.93. The SMILES string of the molecule is CC1(C(=O)O)CCCCN1C(=O)Nc1nccs1. The van der Waals surface area contributed by atoms with Crippen molar-refractivity contribution >= 4 is 28.5 Å². The number of thiazole rings is 1. The van der Waals surface area contributed by atoms with E-state index in [-0.39, 0.29) is 0 Å². The molecular weight excluding hydrogens is 254 g/mol. The molecule has 1 aliphatic heterocycles. The molecule has 6 nitrogen and oxygen atoms in total. The Balaban J connectivity index is 2.14. The number of likely N-dealkylation sites (tertiary alicyclic amines) is 1. The van der Waals surface area contributed by atoms with Crippen molar-refractivity contribution in [2.45, 2.75) is 31.7 Å². The zero-order valence-corrected chi connectivity index (χ0v) is 10.9. The largest absolute Gasteiger partial charge is 0.480 e. The third kappa shape index (κ3) is 2.31. The van der Waals surface area contributed by atoms with Gasteiger partial charge in [-0.3, -0.25) is 5.32 Å². The molecule has 1 aromatic heterocycles. The van der Waals surface area contributed by atoms with Crippen LogP contribution in [0.5, 0.6) is 0 Å². The van der Waals surface area contributed by atoms with Crippen LogP contribution in [-0.4, -0.2) is 39.1 Å². The quantitative estimate of drug-likeness (QED) is 0.860. The van der Waals surface area contributed by atoms with Gasteiger partial charge >= 0.3 is 12.0 Å². The molecule has 0 aliphatic carbocycles. The summed E-state index contributed by atoms with van der Waals surface area (Å²) in [6.45, 7) is 2.05. The van der Waals surface area contributed by atoms with Crippen molar-refractivity contribution in [1.29, 1.82) is 0 Å².